The highest BCUT2D eigenvalue weighted by Gasteiger charge is 2.33. The second-order valence-electron chi connectivity index (χ2n) is 5.51. The number of carbonyl (C=O) groups is 1. The third-order valence-electron chi connectivity index (χ3n) is 4.26. The molecule has 7 heteroatoms. The van der Waals surface area contributed by atoms with Crippen LogP contribution in [0.15, 0.2) is 12.3 Å². The number of carbonyl (C=O) groups excluding carboxylic acids is 1. The molecule has 0 aromatic carbocycles. The standard InChI is InChI=1S/C14H21N5O2/c1-17-9-10-19(14(17)20)11-4-7-18(8-5-11)13-15-6-3-12(16-13)21-2/h3,6,11H,4-5,7-10H2,1-2H3. The number of nitrogens with zero attached hydrogens (tertiary/aromatic N) is 5. The lowest BCUT2D eigenvalue weighted by molar-refractivity contribution is 0.173. The molecule has 2 saturated heterocycles. The Balaban J connectivity index is 1.61. The van der Waals surface area contributed by atoms with Crippen molar-refractivity contribution in [1.82, 2.24) is 19.8 Å². The van der Waals surface area contributed by atoms with Gasteiger partial charge in [0.05, 0.1) is 7.11 Å². The number of aromatic nitrogens is 2. The summed E-state index contributed by atoms with van der Waals surface area (Å²) in [4.78, 5) is 26.7. The lowest BCUT2D eigenvalue weighted by atomic mass is 10.0. The van der Waals surface area contributed by atoms with E-state index in [-0.39, 0.29) is 6.03 Å². The number of hydrogen-bond acceptors (Lipinski definition) is 5. The zero-order valence-corrected chi connectivity index (χ0v) is 12.5. The molecule has 0 saturated carbocycles. The molecule has 0 N–H and O–H groups in total. The second kappa shape index (κ2) is 5.75. The summed E-state index contributed by atoms with van der Waals surface area (Å²) in [6.45, 7) is 3.41. The van der Waals surface area contributed by atoms with Gasteiger partial charge in [-0.2, -0.15) is 4.98 Å². The predicted molar refractivity (Wildman–Crippen MR) is 78.6 cm³/mol. The fraction of sp³-hybridized carbons (Fsp3) is 0.643. The molecule has 0 aliphatic carbocycles. The van der Waals surface area contributed by atoms with E-state index in [1.165, 1.54) is 0 Å². The summed E-state index contributed by atoms with van der Waals surface area (Å²) in [5.74, 6) is 1.29. The molecule has 1 aromatic rings. The zero-order chi connectivity index (χ0) is 14.8. The smallest absolute Gasteiger partial charge is 0.320 e. The molecule has 2 amide bonds. The number of amides is 2. The van der Waals surface area contributed by atoms with E-state index in [9.17, 15) is 4.79 Å². The van der Waals surface area contributed by atoms with E-state index >= 15 is 0 Å². The summed E-state index contributed by atoms with van der Waals surface area (Å²) in [5.41, 5.74) is 0. The fourth-order valence-corrected chi connectivity index (χ4v) is 2.98. The molecule has 0 radical (unpaired) electrons. The number of urea groups is 1. The van der Waals surface area contributed by atoms with E-state index in [4.69, 9.17) is 4.74 Å². The molecule has 3 rings (SSSR count). The van der Waals surface area contributed by atoms with Crippen molar-refractivity contribution in [1.29, 1.82) is 0 Å². The number of methoxy groups -OCH3 is 1. The van der Waals surface area contributed by atoms with Gasteiger partial charge >= 0.3 is 6.03 Å². The van der Waals surface area contributed by atoms with E-state index in [2.05, 4.69) is 14.9 Å². The molecule has 0 atom stereocenters. The minimum Gasteiger partial charge on any atom is -0.481 e. The summed E-state index contributed by atoms with van der Waals surface area (Å²) in [7, 11) is 3.47. The maximum absolute atomic E-state index is 12.0. The average molecular weight is 291 g/mol. The highest BCUT2D eigenvalue weighted by atomic mass is 16.5. The molecule has 114 valence electrons. The van der Waals surface area contributed by atoms with Crippen LogP contribution in [0.1, 0.15) is 12.8 Å². The van der Waals surface area contributed by atoms with Crippen LogP contribution in [0.4, 0.5) is 10.7 Å². The van der Waals surface area contributed by atoms with Crippen LogP contribution in [0.3, 0.4) is 0 Å². The Kier molecular flexibility index (Phi) is 3.81. The van der Waals surface area contributed by atoms with Gasteiger partial charge in [0.25, 0.3) is 0 Å². The number of ether oxygens (including phenoxy) is 1. The van der Waals surface area contributed by atoms with E-state index in [1.54, 1.807) is 24.3 Å². The number of piperidine rings is 1. The normalized spacial score (nSPS) is 20.3. The van der Waals surface area contributed by atoms with Gasteiger partial charge in [-0.25, -0.2) is 9.78 Å². The molecule has 7 nitrogen and oxygen atoms in total. The first-order valence-electron chi connectivity index (χ1n) is 7.33. The maximum atomic E-state index is 12.0. The minimum absolute atomic E-state index is 0.158. The average Bonchev–Trinajstić information content (AvgIpc) is 2.87. The molecule has 0 spiro atoms. The SMILES string of the molecule is COc1ccnc(N2CCC(N3CCN(C)C3=O)CC2)n1. The Morgan fingerprint density at radius 1 is 1.24 bits per heavy atom. The minimum atomic E-state index is 0.158. The van der Waals surface area contributed by atoms with Gasteiger partial charge in [-0.15, -0.1) is 0 Å². The largest absolute Gasteiger partial charge is 0.481 e. The number of likely N-dealkylation sites (N-methyl/N-ethyl adjacent to an activating group) is 1. The van der Waals surface area contributed by atoms with Gasteiger partial charge in [0.15, 0.2) is 0 Å². The number of hydrogen-bond donors (Lipinski definition) is 0. The Bertz CT molecular complexity index is 516. The fourth-order valence-electron chi connectivity index (χ4n) is 2.98. The predicted octanol–water partition coefficient (Wildman–Crippen LogP) is 0.821. The highest BCUT2D eigenvalue weighted by Crippen LogP contribution is 2.23. The molecule has 21 heavy (non-hydrogen) atoms. The van der Waals surface area contributed by atoms with Crippen molar-refractivity contribution in [3.63, 3.8) is 0 Å². The van der Waals surface area contributed by atoms with Crippen molar-refractivity contribution in [3.8, 4) is 5.88 Å². The van der Waals surface area contributed by atoms with Crippen LogP contribution in [0.2, 0.25) is 0 Å². The van der Waals surface area contributed by atoms with Crippen LogP contribution in [-0.4, -0.2) is 72.2 Å². The third kappa shape index (κ3) is 2.72. The first-order valence-corrected chi connectivity index (χ1v) is 7.33. The third-order valence-corrected chi connectivity index (χ3v) is 4.26. The van der Waals surface area contributed by atoms with Gasteiger partial charge in [0, 0.05) is 51.5 Å². The van der Waals surface area contributed by atoms with Crippen molar-refractivity contribution in [3.05, 3.63) is 12.3 Å². The van der Waals surface area contributed by atoms with Crippen LogP contribution < -0.4 is 9.64 Å². The van der Waals surface area contributed by atoms with Crippen LogP contribution in [0, 0.1) is 0 Å². The molecule has 0 unspecified atom stereocenters. The van der Waals surface area contributed by atoms with Crippen LogP contribution in [0.5, 0.6) is 5.88 Å². The van der Waals surface area contributed by atoms with Gasteiger partial charge in [-0.05, 0) is 12.8 Å². The Hall–Kier alpha value is -2.05. The van der Waals surface area contributed by atoms with Gasteiger partial charge in [0.2, 0.25) is 11.8 Å². The van der Waals surface area contributed by atoms with Gasteiger partial charge in [0.1, 0.15) is 0 Å². The zero-order valence-electron chi connectivity index (χ0n) is 12.5. The first kappa shape index (κ1) is 13.9. The molecule has 3 heterocycles. The molecule has 2 aliphatic heterocycles. The summed E-state index contributed by atoms with van der Waals surface area (Å²) < 4.78 is 5.14. The quantitative estimate of drug-likeness (QED) is 0.825. The second-order valence-corrected chi connectivity index (χ2v) is 5.51. The molecule has 1 aromatic heterocycles. The lowest BCUT2D eigenvalue weighted by Crippen LogP contribution is -2.46. The molecular formula is C14H21N5O2. The van der Waals surface area contributed by atoms with E-state index in [1.807, 2.05) is 11.9 Å². The molecular weight excluding hydrogens is 270 g/mol. The molecule has 2 fully saturated rings. The first-order chi connectivity index (χ1) is 10.2. The summed E-state index contributed by atoms with van der Waals surface area (Å²) >= 11 is 0. The number of anilines is 1. The molecule has 2 aliphatic rings. The van der Waals surface area contributed by atoms with Crippen molar-refractivity contribution >= 4 is 12.0 Å². The van der Waals surface area contributed by atoms with Crippen molar-refractivity contribution < 1.29 is 9.53 Å². The Labute approximate surface area is 124 Å². The van der Waals surface area contributed by atoms with Crippen LogP contribution in [0.25, 0.3) is 0 Å². The summed E-state index contributed by atoms with van der Waals surface area (Å²) in [6, 6.07) is 2.24. The van der Waals surface area contributed by atoms with E-state index < -0.39 is 0 Å². The molecule has 0 bridgehead atoms. The van der Waals surface area contributed by atoms with Gasteiger partial charge < -0.3 is 19.4 Å². The maximum Gasteiger partial charge on any atom is 0.320 e. The van der Waals surface area contributed by atoms with Crippen LogP contribution >= 0.6 is 0 Å². The van der Waals surface area contributed by atoms with Gasteiger partial charge in [-0.3, -0.25) is 0 Å². The Morgan fingerprint density at radius 2 is 2.00 bits per heavy atom. The summed E-state index contributed by atoms with van der Waals surface area (Å²) in [5, 5.41) is 0. The highest BCUT2D eigenvalue weighted by molar-refractivity contribution is 5.76. The monoisotopic (exact) mass is 291 g/mol. The van der Waals surface area contributed by atoms with Crippen molar-refractivity contribution in [2.45, 2.75) is 18.9 Å². The topological polar surface area (TPSA) is 61.8 Å². The van der Waals surface area contributed by atoms with Crippen molar-refractivity contribution in [2.75, 3.05) is 45.2 Å². The Morgan fingerprint density at radius 3 is 2.62 bits per heavy atom. The lowest BCUT2D eigenvalue weighted by Gasteiger charge is -2.36. The van der Waals surface area contributed by atoms with E-state index in [0.29, 0.717) is 17.9 Å². The van der Waals surface area contributed by atoms with Gasteiger partial charge in [-0.1, -0.05) is 0 Å². The summed E-state index contributed by atoms with van der Waals surface area (Å²) in [6.07, 6.45) is 3.63. The van der Waals surface area contributed by atoms with Crippen LogP contribution in [-0.2, 0) is 0 Å². The van der Waals surface area contributed by atoms with E-state index in [0.717, 1.165) is 39.0 Å². The van der Waals surface area contributed by atoms with Crippen molar-refractivity contribution in [2.24, 2.45) is 0 Å². The number of rotatable bonds is 3.